The van der Waals surface area contributed by atoms with Gasteiger partial charge in [-0.25, -0.2) is 0 Å². The van der Waals surface area contributed by atoms with Gasteiger partial charge in [-0.15, -0.1) is 0 Å². The summed E-state index contributed by atoms with van der Waals surface area (Å²) in [6.45, 7) is 0. The normalized spacial score (nSPS) is 14.8. The van der Waals surface area contributed by atoms with E-state index in [1.807, 2.05) is 48.5 Å². The van der Waals surface area contributed by atoms with Crippen molar-refractivity contribution in [2.24, 2.45) is 0 Å². The summed E-state index contributed by atoms with van der Waals surface area (Å²) in [7, 11) is 0. The first-order valence-corrected chi connectivity index (χ1v) is 15.4. The summed E-state index contributed by atoms with van der Waals surface area (Å²) in [6, 6.07) is 31.2. The lowest BCUT2D eigenvalue weighted by Gasteiger charge is -2.18. The molecule has 1 heteroatoms. The maximum absolute atomic E-state index is 9.89. The van der Waals surface area contributed by atoms with Crippen molar-refractivity contribution in [1.29, 1.82) is 0 Å². The van der Waals surface area contributed by atoms with Crippen molar-refractivity contribution in [2.45, 2.75) is 0 Å². The molecule has 10 rings (SSSR count). The molecule has 0 unspecified atom stereocenters. The number of hydrogen-bond acceptors (Lipinski definition) is 1. The average molecular weight is 607 g/mol. The van der Waals surface area contributed by atoms with Gasteiger partial charge in [0.1, 0.15) is 11.2 Å². The van der Waals surface area contributed by atoms with E-state index in [-0.39, 0.29) is 38.9 Å². The second kappa shape index (κ2) is 10.2. The van der Waals surface area contributed by atoms with Crippen molar-refractivity contribution >= 4 is 65.0 Å². The molecule has 0 bridgehead atoms. The Labute approximate surface area is 286 Å². The van der Waals surface area contributed by atoms with Crippen molar-refractivity contribution in [1.82, 2.24) is 0 Å². The molecule has 0 amide bonds. The number of benzene rings is 9. The molecular weight excluding hydrogens is 569 g/mol. The third-order valence-corrected chi connectivity index (χ3v) is 9.12. The molecule has 0 atom stereocenters. The van der Waals surface area contributed by atoms with Crippen LogP contribution < -0.4 is 0 Å². The lowest BCUT2D eigenvalue weighted by atomic mass is 9.84. The predicted molar refractivity (Wildman–Crippen MR) is 200 cm³/mol. The fourth-order valence-electron chi connectivity index (χ4n) is 7.15. The molecule has 218 valence electrons. The van der Waals surface area contributed by atoms with Gasteiger partial charge >= 0.3 is 0 Å². The van der Waals surface area contributed by atoms with E-state index in [4.69, 9.17) is 16.8 Å². The van der Waals surface area contributed by atoms with E-state index in [9.17, 15) is 1.37 Å². The highest BCUT2D eigenvalue weighted by atomic mass is 16.3. The Bertz CT molecular complexity index is 3340. The first-order chi connectivity index (χ1) is 27.5. The third kappa shape index (κ3) is 3.90. The van der Waals surface area contributed by atoms with Crippen molar-refractivity contribution in [2.75, 3.05) is 0 Å². The molecule has 0 spiro atoms. The third-order valence-electron chi connectivity index (χ3n) is 9.12. The van der Waals surface area contributed by atoms with Crippen LogP contribution in [-0.4, -0.2) is 0 Å². The van der Waals surface area contributed by atoms with E-state index in [0.29, 0.717) is 16.5 Å². The fourth-order valence-corrected chi connectivity index (χ4v) is 7.15. The highest BCUT2D eigenvalue weighted by Gasteiger charge is 2.22. The van der Waals surface area contributed by atoms with Crippen LogP contribution in [0.25, 0.3) is 98.4 Å². The highest BCUT2D eigenvalue weighted by molar-refractivity contribution is 6.28. The van der Waals surface area contributed by atoms with Gasteiger partial charge in [0.2, 0.25) is 0 Å². The topological polar surface area (TPSA) is 13.1 Å². The van der Waals surface area contributed by atoms with Crippen LogP contribution in [0.3, 0.4) is 0 Å². The average Bonchev–Trinajstić information content (AvgIpc) is 3.63. The minimum Gasteiger partial charge on any atom is -0.455 e. The van der Waals surface area contributed by atoms with Gasteiger partial charge in [0.25, 0.3) is 0 Å². The van der Waals surface area contributed by atoms with Crippen molar-refractivity contribution in [3.63, 3.8) is 0 Å². The first kappa shape index (κ1) is 18.1. The molecule has 1 aromatic heterocycles. The number of furan rings is 1. The molecule has 0 saturated heterocycles. The van der Waals surface area contributed by atoms with Gasteiger partial charge in [-0.2, -0.15) is 0 Å². The first-order valence-electron chi connectivity index (χ1n) is 20.4. The molecule has 9 aromatic carbocycles. The van der Waals surface area contributed by atoms with E-state index in [2.05, 4.69) is 54.6 Å². The number of rotatable bonds is 3. The maximum atomic E-state index is 9.89. The summed E-state index contributed by atoms with van der Waals surface area (Å²) in [4.78, 5) is 0. The minimum atomic E-state index is -0.623. The van der Waals surface area contributed by atoms with Gasteiger partial charge in [-0.1, -0.05) is 151 Å². The van der Waals surface area contributed by atoms with Gasteiger partial charge in [-0.3, -0.25) is 0 Å². The van der Waals surface area contributed by atoms with Crippen LogP contribution in [0, 0.1) is 0 Å². The molecule has 10 aromatic rings. The molecular formula is C46H28O. The largest absolute Gasteiger partial charge is 0.455 e. The second-order valence-corrected chi connectivity index (χ2v) is 11.6. The molecule has 0 aliphatic rings. The van der Waals surface area contributed by atoms with Gasteiger partial charge < -0.3 is 4.42 Å². The van der Waals surface area contributed by atoms with Crippen LogP contribution >= 0.6 is 0 Å². The number of hydrogen-bond donors (Lipinski definition) is 0. The minimum absolute atomic E-state index is 0.0435. The van der Waals surface area contributed by atoms with E-state index >= 15 is 0 Å². The van der Waals surface area contributed by atoms with Crippen molar-refractivity contribution < 1.29 is 18.1 Å². The van der Waals surface area contributed by atoms with Crippen LogP contribution in [-0.2, 0) is 0 Å². The smallest absolute Gasteiger partial charge is 0.143 e. The predicted octanol–water partition coefficient (Wildman–Crippen LogP) is 13.2. The number of fused-ring (bicyclic) bond motifs is 8. The molecule has 1 heterocycles. The lowest BCUT2D eigenvalue weighted by Crippen LogP contribution is -1.91. The zero-order valence-electron chi connectivity index (χ0n) is 34.8. The van der Waals surface area contributed by atoms with E-state index in [0.717, 1.165) is 49.0 Å². The summed E-state index contributed by atoms with van der Waals surface area (Å²) < 4.78 is 94.8. The summed E-state index contributed by atoms with van der Waals surface area (Å²) >= 11 is 0. The summed E-state index contributed by atoms with van der Waals surface area (Å²) in [6.07, 6.45) is 0. The molecule has 0 aliphatic heterocycles. The molecule has 0 radical (unpaired) electrons. The Morgan fingerprint density at radius 1 is 0.426 bits per heavy atom. The SMILES string of the molecule is [2H]c1c([2H])c([2H])c(-c2c([2H])c3c(oc4cccc(-c5c6ccccc6c(-c6ccc7ccccc7c6)c6ccccc56)c43)c3c([2H])c([2H])c([2H])c([2H])c23)c([2H])c1[2H]. The fraction of sp³-hybridized carbons (Fsp3) is 0. The molecule has 0 N–H and O–H groups in total. The monoisotopic (exact) mass is 606 g/mol. The Balaban J connectivity index is 1.41. The second-order valence-electron chi connectivity index (χ2n) is 11.6. The zero-order valence-corrected chi connectivity index (χ0v) is 24.8. The van der Waals surface area contributed by atoms with Crippen LogP contribution in [0.5, 0.6) is 0 Å². The van der Waals surface area contributed by atoms with Gasteiger partial charge in [0, 0.05) is 16.2 Å². The summed E-state index contributed by atoms with van der Waals surface area (Å²) in [5, 5.41) is 6.60. The Kier molecular flexibility index (Phi) is 3.91. The molecule has 0 fully saturated rings. The molecule has 47 heavy (non-hydrogen) atoms. The van der Waals surface area contributed by atoms with Gasteiger partial charge in [-0.05, 0) is 89.3 Å². The highest BCUT2D eigenvalue weighted by Crippen LogP contribution is 2.48. The van der Waals surface area contributed by atoms with E-state index in [1.165, 1.54) is 0 Å². The lowest BCUT2D eigenvalue weighted by molar-refractivity contribution is 0.673. The van der Waals surface area contributed by atoms with Crippen molar-refractivity contribution in [3.8, 4) is 33.4 Å². The van der Waals surface area contributed by atoms with Crippen LogP contribution in [0.2, 0.25) is 0 Å². The zero-order chi connectivity index (χ0) is 39.6. The van der Waals surface area contributed by atoms with Crippen molar-refractivity contribution in [3.05, 3.63) is 170 Å². The summed E-state index contributed by atoms with van der Waals surface area (Å²) in [5.74, 6) is 0. The Morgan fingerprint density at radius 3 is 1.81 bits per heavy atom. The van der Waals surface area contributed by atoms with E-state index < -0.39 is 54.4 Å². The van der Waals surface area contributed by atoms with Crippen LogP contribution in [0.4, 0.5) is 0 Å². The summed E-state index contributed by atoms with van der Waals surface area (Å²) in [5.41, 5.74) is 3.55. The van der Waals surface area contributed by atoms with Crippen LogP contribution in [0.15, 0.2) is 174 Å². The Hall–Kier alpha value is -6.18. The van der Waals surface area contributed by atoms with Gasteiger partial charge in [0.05, 0.1) is 13.7 Å². The molecule has 0 aliphatic carbocycles. The quantitative estimate of drug-likeness (QED) is 0.182. The maximum Gasteiger partial charge on any atom is 0.143 e. The Morgan fingerprint density at radius 2 is 1.06 bits per heavy atom. The standard InChI is InChI=1S/C46H28O/c1-2-14-30(15-3-1)40-28-41-45-39(23-12-24-42(45)47-46(41)38-22-11-6-17-33(38)40)44-36-20-9-7-18-34(36)43(35-19-8-10-21-37(35)44)32-26-25-29-13-4-5-16-31(29)27-32/h1-28H/i1D,2D,3D,6D,11D,14D,15D,17D,22D,28D. The molecule has 0 saturated carbocycles. The molecule has 1 nitrogen and oxygen atoms in total. The van der Waals surface area contributed by atoms with Gasteiger partial charge in [0.15, 0.2) is 0 Å². The van der Waals surface area contributed by atoms with Crippen LogP contribution in [0.1, 0.15) is 13.7 Å². The van der Waals surface area contributed by atoms with E-state index in [1.54, 1.807) is 6.07 Å².